The van der Waals surface area contributed by atoms with Crippen molar-refractivity contribution in [1.82, 2.24) is 9.78 Å². The summed E-state index contributed by atoms with van der Waals surface area (Å²) < 4.78 is 1.92. The monoisotopic (exact) mass is 297 g/mol. The number of thiophene rings is 1. The SMILES string of the molecule is Cc1nn(C)c(C)c1NCc1cc(-c2ccccc2)cs1. The van der Waals surface area contributed by atoms with Gasteiger partial charge in [-0.15, -0.1) is 11.3 Å². The molecule has 21 heavy (non-hydrogen) atoms. The molecule has 108 valence electrons. The molecule has 0 aliphatic heterocycles. The van der Waals surface area contributed by atoms with E-state index < -0.39 is 0 Å². The van der Waals surface area contributed by atoms with Gasteiger partial charge in [-0.05, 0) is 36.4 Å². The Morgan fingerprint density at radius 2 is 1.90 bits per heavy atom. The van der Waals surface area contributed by atoms with Gasteiger partial charge in [0.05, 0.1) is 17.1 Å². The number of rotatable bonds is 4. The molecule has 0 atom stereocenters. The van der Waals surface area contributed by atoms with Gasteiger partial charge in [-0.3, -0.25) is 4.68 Å². The first-order chi connectivity index (χ1) is 10.1. The average molecular weight is 297 g/mol. The molecule has 0 aliphatic carbocycles. The van der Waals surface area contributed by atoms with Crippen molar-refractivity contribution in [3.05, 3.63) is 58.0 Å². The van der Waals surface area contributed by atoms with Crippen LogP contribution < -0.4 is 5.32 Å². The first kappa shape index (κ1) is 13.9. The summed E-state index contributed by atoms with van der Waals surface area (Å²) in [5, 5.41) is 10.2. The number of aryl methyl sites for hydroxylation is 2. The van der Waals surface area contributed by atoms with Gasteiger partial charge in [-0.25, -0.2) is 0 Å². The van der Waals surface area contributed by atoms with Gasteiger partial charge < -0.3 is 5.32 Å². The van der Waals surface area contributed by atoms with E-state index in [1.54, 1.807) is 11.3 Å². The molecule has 0 aliphatic rings. The lowest BCUT2D eigenvalue weighted by Crippen LogP contribution is -2.00. The largest absolute Gasteiger partial charge is 0.377 e. The highest BCUT2D eigenvalue weighted by atomic mass is 32.1. The Balaban J connectivity index is 1.73. The molecule has 0 saturated carbocycles. The molecule has 1 aromatic carbocycles. The highest BCUT2D eigenvalue weighted by molar-refractivity contribution is 7.10. The molecule has 0 unspecified atom stereocenters. The Kier molecular flexibility index (Phi) is 3.80. The van der Waals surface area contributed by atoms with Crippen LogP contribution in [0.5, 0.6) is 0 Å². The molecule has 0 radical (unpaired) electrons. The smallest absolute Gasteiger partial charge is 0.0827 e. The highest BCUT2D eigenvalue weighted by Crippen LogP contribution is 2.27. The summed E-state index contributed by atoms with van der Waals surface area (Å²) >= 11 is 1.79. The summed E-state index contributed by atoms with van der Waals surface area (Å²) in [5.74, 6) is 0. The minimum absolute atomic E-state index is 0.838. The zero-order valence-electron chi connectivity index (χ0n) is 12.6. The van der Waals surface area contributed by atoms with Crippen LogP contribution in [-0.2, 0) is 13.6 Å². The van der Waals surface area contributed by atoms with Gasteiger partial charge in [0, 0.05) is 18.5 Å². The maximum absolute atomic E-state index is 4.43. The summed E-state index contributed by atoms with van der Waals surface area (Å²) in [7, 11) is 1.98. The van der Waals surface area contributed by atoms with Gasteiger partial charge in [-0.1, -0.05) is 30.3 Å². The minimum Gasteiger partial charge on any atom is -0.377 e. The molecule has 0 amide bonds. The van der Waals surface area contributed by atoms with Crippen molar-refractivity contribution in [3.63, 3.8) is 0 Å². The third-order valence-corrected chi connectivity index (χ3v) is 4.65. The molecule has 2 aromatic heterocycles. The van der Waals surface area contributed by atoms with E-state index in [0.717, 1.165) is 17.9 Å². The normalized spacial score (nSPS) is 10.8. The third-order valence-electron chi connectivity index (χ3n) is 3.71. The van der Waals surface area contributed by atoms with E-state index in [0.29, 0.717) is 0 Å². The minimum atomic E-state index is 0.838. The number of nitrogens with zero attached hydrogens (tertiary/aromatic N) is 2. The van der Waals surface area contributed by atoms with E-state index in [1.807, 2.05) is 24.7 Å². The van der Waals surface area contributed by atoms with Crippen molar-refractivity contribution in [3.8, 4) is 11.1 Å². The molecule has 3 rings (SSSR count). The molecule has 2 heterocycles. The standard InChI is InChI=1S/C17H19N3S/c1-12-17(13(2)20(3)19-12)18-10-16-9-15(11-21-16)14-7-5-4-6-8-14/h4-9,11,18H,10H2,1-3H3. The molecular formula is C17H19N3S. The van der Waals surface area contributed by atoms with Gasteiger partial charge >= 0.3 is 0 Å². The second kappa shape index (κ2) is 5.74. The fraction of sp³-hybridized carbons (Fsp3) is 0.235. The van der Waals surface area contributed by atoms with Crippen LogP contribution in [-0.4, -0.2) is 9.78 Å². The van der Waals surface area contributed by atoms with Gasteiger partial charge in [0.15, 0.2) is 0 Å². The van der Waals surface area contributed by atoms with Gasteiger partial charge in [0.2, 0.25) is 0 Å². The van der Waals surface area contributed by atoms with Gasteiger partial charge in [-0.2, -0.15) is 5.10 Å². The van der Waals surface area contributed by atoms with Crippen LogP contribution in [0.3, 0.4) is 0 Å². The van der Waals surface area contributed by atoms with E-state index in [9.17, 15) is 0 Å². The molecule has 0 bridgehead atoms. The van der Waals surface area contributed by atoms with Gasteiger partial charge in [0.1, 0.15) is 0 Å². The maximum Gasteiger partial charge on any atom is 0.0827 e. The van der Waals surface area contributed by atoms with Crippen LogP contribution >= 0.6 is 11.3 Å². The van der Waals surface area contributed by atoms with E-state index >= 15 is 0 Å². The lowest BCUT2D eigenvalue weighted by molar-refractivity contribution is 0.731. The Labute approximate surface area is 129 Å². The second-order valence-electron chi connectivity index (χ2n) is 5.19. The number of aromatic nitrogens is 2. The van der Waals surface area contributed by atoms with Crippen molar-refractivity contribution in [2.75, 3.05) is 5.32 Å². The average Bonchev–Trinajstić information content (AvgIpc) is 3.05. The molecule has 4 heteroatoms. The Morgan fingerprint density at radius 1 is 1.14 bits per heavy atom. The van der Waals surface area contributed by atoms with Crippen LogP contribution in [0.1, 0.15) is 16.3 Å². The van der Waals surface area contributed by atoms with Gasteiger partial charge in [0.25, 0.3) is 0 Å². The van der Waals surface area contributed by atoms with E-state index in [1.165, 1.54) is 21.7 Å². The number of nitrogens with one attached hydrogen (secondary N) is 1. The van der Waals surface area contributed by atoms with E-state index in [-0.39, 0.29) is 0 Å². The molecular weight excluding hydrogens is 278 g/mol. The second-order valence-corrected chi connectivity index (χ2v) is 6.19. The number of benzene rings is 1. The summed E-state index contributed by atoms with van der Waals surface area (Å²) in [4.78, 5) is 1.33. The summed E-state index contributed by atoms with van der Waals surface area (Å²) in [6.45, 7) is 4.97. The number of anilines is 1. The van der Waals surface area contributed by atoms with Crippen LogP contribution in [0.25, 0.3) is 11.1 Å². The highest BCUT2D eigenvalue weighted by Gasteiger charge is 2.09. The molecule has 0 saturated heterocycles. The van der Waals surface area contributed by atoms with Crippen LogP contribution in [0, 0.1) is 13.8 Å². The first-order valence-electron chi connectivity index (χ1n) is 7.02. The predicted molar refractivity (Wildman–Crippen MR) is 89.8 cm³/mol. The van der Waals surface area contributed by atoms with Crippen LogP contribution in [0.4, 0.5) is 5.69 Å². The lowest BCUT2D eigenvalue weighted by atomic mass is 10.1. The van der Waals surface area contributed by atoms with Crippen molar-refractivity contribution in [2.45, 2.75) is 20.4 Å². The fourth-order valence-electron chi connectivity index (χ4n) is 2.46. The van der Waals surface area contributed by atoms with Crippen molar-refractivity contribution < 1.29 is 0 Å². The fourth-order valence-corrected chi connectivity index (χ4v) is 3.29. The maximum atomic E-state index is 4.43. The topological polar surface area (TPSA) is 29.9 Å². The number of hydrogen-bond donors (Lipinski definition) is 1. The summed E-state index contributed by atoms with van der Waals surface area (Å²) in [5.41, 5.74) is 5.93. The Morgan fingerprint density at radius 3 is 2.57 bits per heavy atom. The number of hydrogen-bond acceptors (Lipinski definition) is 3. The molecule has 0 spiro atoms. The molecule has 1 N–H and O–H groups in total. The first-order valence-corrected chi connectivity index (χ1v) is 7.90. The zero-order valence-corrected chi connectivity index (χ0v) is 13.4. The predicted octanol–water partition coefficient (Wildman–Crippen LogP) is 4.38. The van der Waals surface area contributed by atoms with Crippen molar-refractivity contribution in [1.29, 1.82) is 0 Å². The third kappa shape index (κ3) is 2.85. The van der Waals surface area contributed by atoms with E-state index in [4.69, 9.17) is 0 Å². The summed E-state index contributed by atoms with van der Waals surface area (Å²) in [6.07, 6.45) is 0. The van der Waals surface area contributed by atoms with Crippen LogP contribution in [0.15, 0.2) is 41.8 Å². The van der Waals surface area contributed by atoms with Crippen molar-refractivity contribution in [2.24, 2.45) is 7.05 Å². The molecule has 0 fully saturated rings. The Bertz CT molecular complexity index is 741. The van der Waals surface area contributed by atoms with Crippen LogP contribution in [0.2, 0.25) is 0 Å². The van der Waals surface area contributed by atoms with E-state index in [2.05, 4.69) is 53.1 Å². The quantitative estimate of drug-likeness (QED) is 0.774. The lowest BCUT2D eigenvalue weighted by Gasteiger charge is -2.05. The zero-order chi connectivity index (χ0) is 14.8. The molecule has 3 nitrogen and oxygen atoms in total. The van der Waals surface area contributed by atoms with Crippen molar-refractivity contribution >= 4 is 17.0 Å². The molecule has 3 aromatic rings. The Hall–Kier alpha value is -2.07. The summed E-state index contributed by atoms with van der Waals surface area (Å²) in [6, 6.07) is 12.8.